The minimum Gasteiger partial charge on any atom is -0.311 e. The zero-order valence-electron chi connectivity index (χ0n) is 11.6. The summed E-state index contributed by atoms with van der Waals surface area (Å²) in [5.41, 5.74) is 1.21. The van der Waals surface area contributed by atoms with Crippen LogP contribution in [0.2, 0.25) is 5.02 Å². The zero-order valence-corrected chi connectivity index (χ0v) is 12.3. The lowest BCUT2D eigenvalue weighted by Gasteiger charge is -2.20. The quantitative estimate of drug-likeness (QED) is 0.811. The number of nitrogens with one attached hydrogen (secondary N) is 1. The number of halogens is 1. The molecule has 104 valence electrons. The van der Waals surface area contributed by atoms with Gasteiger partial charge in [0.05, 0.1) is 0 Å². The summed E-state index contributed by atoms with van der Waals surface area (Å²) in [6.45, 7) is 0.966. The molecule has 1 saturated carbocycles. The molecule has 0 saturated heterocycles. The van der Waals surface area contributed by atoms with E-state index in [1.165, 1.54) is 50.5 Å². The molecule has 0 heterocycles. The highest BCUT2D eigenvalue weighted by Gasteiger charge is 2.09. The van der Waals surface area contributed by atoms with Gasteiger partial charge in [0.15, 0.2) is 0 Å². The van der Waals surface area contributed by atoms with Gasteiger partial charge in [-0.25, -0.2) is 0 Å². The predicted octanol–water partition coefficient (Wildman–Crippen LogP) is 5.06. The summed E-state index contributed by atoms with van der Waals surface area (Å²) in [6, 6.07) is 8.69. The molecular weight excluding hydrogens is 254 g/mol. The Balaban J connectivity index is 1.71. The molecule has 1 nitrogen and oxygen atoms in total. The van der Waals surface area contributed by atoms with Crippen molar-refractivity contribution in [1.29, 1.82) is 0 Å². The highest BCUT2D eigenvalue weighted by molar-refractivity contribution is 6.30. The Labute approximate surface area is 122 Å². The molecule has 1 aliphatic carbocycles. The van der Waals surface area contributed by atoms with Crippen LogP contribution in [0.4, 0.5) is 0 Å². The molecule has 0 amide bonds. The predicted molar refractivity (Wildman–Crippen MR) is 84.6 cm³/mol. The average Bonchev–Trinajstić information content (AvgIpc) is 2.38. The number of benzene rings is 1. The molecule has 0 unspecified atom stereocenters. The molecule has 0 spiro atoms. The largest absolute Gasteiger partial charge is 0.311 e. The minimum absolute atomic E-state index is 0.718. The van der Waals surface area contributed by atoms with Crippen molar-refractivity contribution in [3.05, 3.63) is 40.9 Å². The van der Waals surface area contributed by atoms with E-state index in [0.717, 1.165) is 17.6 Å². The summed E-state index contributed by atoms with van der Waals surface area (Å²) in [5, 5.41) is 4.45. The van der Waals surface area contributed by atoms with E-state index in [-0.39, 0.29) is 0 Å². The van der Waals surface area contributed by atoms with Crippen LogP contribution >= 0.6 is 11.6 Å². The third-order valence-corrected chi connectivity index (χ3v) is 4.06. The van der Waals surface area contributed by atoms with Gasteiger partial charge in [-0.3, -0.25) is 0 Å². The first-order valence-corrected chi connectivity index (χ1v) is 7.88. The fourth-order valence-corrected chi connectivity index (χ4v) is 2.79. The molecule has 2 rings (SSSR count). The fourth-order valence-electron chi connectivity index (χ4n) is 2.66. The standard InChI is InChI=1S/C17H24ClN/c18-16-12-10-15(11-13-16)7-6-14-19-17-8-4-2-1-3-5-9-17/h6-7,10-13,17,19H,1-5,8-9,14H2. The fraction of sp³-hybridized carbons (Fsp3) is 0.529. The van der Waals surface area contributed by atoms with Gasteiger partial charge in [-0.2, -0.15) is 0 Å². The number of rotatable bonds is 4. The lowest BCUT2D eigenvalue weighted by Crippen LogP contribution is -2.29. The monoisotopic (exact) mass is 277 g/mol. The van der Waals surface area contributed by atoms with Gasteiger partial charge in [0, 0.05) is 17.6 Å². The molecule has 1 aromatic rings. The van der Waals surface area contributed by atoms with E-state index >= 15 is 0 Å². The van der Waals surface area contributed by atoms with Gasteiger partial charge < -0.3 is 5.32 Å². The van der Waals surface area contributed by atoms with Crippen LogP contribution in [0, 0.1) is 0 Å². The number of hydrogen-bond acceptors (Lipinski definition) is 1. The summed E-state index contributed by atoms with van der Waals surface area (Å²) in [7, 11) is 0. The minimum atomic E-state index is 0.718. The second-order valence-electron chi connectivity index (χ2n) is 5.40. The summed E-state index contributed by atoms with van der Waals surface area (Å²) in [5.74, 6) is 0. The van der Waals surface area contributed by atoms with Gasteiger partial charge in [-0.05, 0) is 30.5 Å². The van der Waals surface area contributed by atoms with Gasteiger partial charge in [-0.1, -0.05) is 68.0 Å². The summed E-state index contributed by atoms with van der Waals surface area (Å²) >= 11 is 5.87. The SMILES string of the molecule is Clc1ccc(C=CCNC2CCCCCCC2)cc1. The summed E-state index contributed by atoms with van der Waals surface area (Å²) < 4.78 is 0. The maximum Gasteiger partial charge on any atom is 0.0406 e. The van der Waals surface area contributed by atoms with Crippen molar-refractivity contribution < 1.29 is 0 Å². The third-order valence-electron chi connectivity index (χ3n) is 3.81. The van der Waals surface area contributed by atoms with E-state index < -0.39 is 0 Å². The summed E-state index contributed by atoms with van der Waals surface area (Å²) in [6.07, 6.45) is 14.1. The first kappa shape index (κ1) is 14.6. The first-order valence-electron chi connectivity index (χ1n) is 7.50. The molecule has 0 aliphatic heterocycles. The van der Waals surface area contributed by atoms with Crippen molar-refractivity contribution in [3.8, 4) is 0 Å². The molecular formula is C17H24ClN. The van der Waals surface area contributed by atoms with E-state index in [9.17, 15) is 0 Å². The lowest BCUT2D eigenvalue weighted by atomic mass is 9.97. The molecule has 0 aromatic heterocycles. The highest BCUT2D eigenvalue weighted by Crippen LogP contribution is 2.17. The van der Waals surface area contributed by atoms with Crippen LogP contribution < -0.4 is 5.32 Å². The molecule has 19 heavy (non-hydrogen) atoms. The van der Waals surface area contributed by atoms with Crippen LogP contribution in [0.5, 0.6) is 0 Å². The van der Waals surface area contributed by atoms with Crippen molar-refractivity contribution in [3.63, 3.8) is 0 Å². The van der Waals surface area contributed by atoms with E-state index in [1.54, 1.807) is 0 Å². The van der Waals surface area contributed by atoms with Crippen LogP contribution in [0.15, 0.2) is 30.3 Å². The second kappa shape index (κ2) is 8.39. The molecule has 0 atom stereocenters. The molecule has 1 fully saturated rings. The smallest absolute Gasteiger partial charge is 0.0406 e. The zero-order chi connectivity index (χ0) is 13.3. The molecule has 2 heteroatoms. The Bertz CT molecular complexity index is 375. The van der Waals surface area contributed by atoms with Crippen molar-refractivity contribution in [2.45, 2.75) is 51.0 Å². The van der Waals surface area contributed by atoms with Crippen molar-refractivity contribution in [2.24, 2.45) is 0 Å². The Morgan fingerprint density at radius 3 is 2.32 bits per heavy atom. The Kier molecular flexibility index (Phi) is 6.46. The molecule has 1 aromatic carbocycles. The van der Waals surface area contributed by atoms with E-state index in [0.29, 0.717) is 0 Å². The maximum absolute atomic E-state index is 5.87. The van der Waals surface area contributed by atoms with Crippen molar-refractivity contribution in [2.75, 3.05) is 6.54 Å². The van der Waals surface area contributed by atoms with Gasteiger partial charge >= 0.3 is 0 Å². The Morgan fingerprint density at radius 2 is 1.63 bits per heavy atom. The van der Waals surface area contributed by atoms with Gasteiger partial charge in [0.2, 0.25) is 0 Å². The van der Waals surface area contributed by atoms with Crippen LogP contribution in [0.25, 0.3) is 6.08 Å². The lowest BCUT2D eigenvalue weighted by molar-refractivity contribution is 0.401. The second-order valence-corrected chi connectivity index (χ2v) is 5.84. The summed E-state index contributed by atoms with van der Waals surface area (Å²) in [4.78, 5) is 0. The average molecular weight is 278 g/mol. The van der Waals surface area contributed by atoms with E-state index in [4.69, 9.17) is 11.6 Å². The first-order chi connectivity index (χ1) is 9.34. The number of hydrogen-bond donors (Lipinski definition) is 1. The van der Waals surface area contributed by atoms with Gasteiger partial charge in [-0.15, -0.1) is 0 Å². The Morgan fingerprint density at radius 1 is 1.00 bits per heavy atom. The molecule has 0 radical (unpaired) electrons. The van der Waals surface area contributed by atoms with Gasteiger partial charge in [0.25, 0.3) is 0 Å². The van der Waals surface area contributed by atoms with Crippen molar-refractivity contribution in [1.82, 2.24) is 5.32 Å². The van der Waals surface area contributed by atoms with Crippen LogP contribution in [0.1, 0.15) is 50.5 Å². The topological polar surface area (TPSA) is 12.0 Å². The van der Waals surface area contributed by atoms with Gasteiger partial charge in [0.1, 0.15) is 0 Å². The maximum atomic E-state index is 5.87. The van der Waals surface area contributed by atoms with Crippen LogP contribution in [-0.2, 0) is 0 Å². The van der Waals surface area contributed by atoms with Crippen molar-refractivity contribution >= 4 is 17.7 Å². The highest BCUT2D eigenvalue weighted by atomic mass is 35.5. The molecule has 1 aliphatic rings. The van der Waals surface area contributed by atoms with E-state index in [1.807, 2.05) is 12.1 Å². The van der Waals surface area contributed by atoms with E-state index in [2.05, 4.69) is 29.6 Å². The molecule has 1 N–H and O–H groups in total. The van der Waals surface area contributed by atoms with Crippen LogP contribution in [-0.4, -0.2) is 12.6 Å². The third kappa shape index (κ3) is 5.80. The Hall–Kier alpha value is -0.790. The normalized spacial score (nSPS) is 18.4. The molecule has 0 bridgehead atoms. The van der Waals surface area contributed by atoms with Crippen LogP contribution in [0.3, 0.4) is 0 Å².